The first kappa shape index (κ1) is 15.8. The number of nitrogens with one attached hydrogen (secondary N) is 1. The van der Waals surface area contributed by atoms with E-state index in [0.717, 1.165) is 0 Å². The Hall–Kier alpha value is -1.60. The Balaban J connectivity index is 1.97. The molecule has 21 heavy (non-hydrogen) atoms. The molecule has 1 saturated heterocycles. The molecule has 1 amide bonds. The van der Waals surface area contributed by atoms with Crippen molar-refractivity contribution in [1.29, 1.82) is 0 Å². The predicted molar refractivity (Wildman–Crippen MR) is 78.5 cm³/mol. The molecule has 7 heteroatoms. The second-order valence-electron chi connectivity index (χ2n) is 5.10. The molecule has 0 saturated carbocycles. The number of benzene rings is 1. The van der Waals surface area contributed by atoms with E-state index in [1.165, 1.54) is 12.1 Å². The van der Waals surface area contributed by atoms with E-state index in [4.69, 9.17) is 4.74 Å². The molecule has 0 aliphatic carbocycles. The normalized spacial score (nSPS) is 19.0. The third-order valence-electron chi connectivity index (χ3n) is 3.43. The SMILES string of the molecule is CCOc1ccc(S(=O)(=O)NCC2CC(=O)N(C)C2)cc1. The molecule has 0 aromatic heterocycles. The Labute approximate surface area is 125 Å². The molecule has 0 spiro atoms. The summed E-state index contributed by atoms with van der Waals surface area (Å²) in [6.45, 7) is 3.26. The monoisotopic (exact) mass is 312 g/mol. The van der Waals surface area contributed by atoms with Crippen molar-refractivity contribution in [3.05, 3.63) is 24.3 Å². The van der Waals surface area contributed by atoms with Crippen molar-refractivity contribution < 1.29 is 17.9 Å². The summed E-state index contributed by atoms with van der Waals surface area (Å²) < 4.78 is 32.2. The molecule has 1 fully saturated rings. The largest absolute Gasteiger partial charge is 0.494 e. The number of rotatable bonds is 6. The number of ether oxygens (including phenoxy) is 1. The van der Waals surface area contributed by atoms with Crippen LogP contribution in [0.25, 0.3) is 0 Å². The summed E-state index contributed by atoms with van der Waals surface area (Å²) in [4.78, 5) is 13.2. The molecule has 1 heterocycles. The number of nitrogens with zero attached hydrogens (tertiary/aromatic N) is 1. The average Bonchev–Trinajstić information content (AvgIpc) is 2.77. The third-order valence-corrected chi connectivity index (χ3v) is 4.87. The van der Waals surface area contributed by atoms with E-state index < -0.39 is 10.0 Å². The summed E-state index contributed by atoms with van der Waals surface area (Å²) in [6.07, 6.45) is 0.391. The zero-order valence-corrected chi connectivity index (χ0v) is 13.0. The number of hydrogen-bond donors (Lipinski definition) is 1. The molecular formula is C14H20N2O4S. The van der Waals surface area contributed by atoms with Crippen molar-refractivity contribution in [2.45, 2.75) is 18.2 Å². The van der Waals surface area contributed by atoms with Gasteiger partial charge < -0.3 is 9.64 Å². The fourth-order valence-electron chi connectivity index (χ4n) is 2.29. The molecule has 1 aliphatic rings. The summed E-state index contributed by atoms with van der Waals surface area (Å²) in [7, 11) is -1.82. The number of likely N-dealkylation sites (tertiary alicyclic amines) is 1. The first-order chi connectivity index (χ1) is 9.92. The van der Waals surface area contributed by atoms with E-state index in [1.54, 1.807) is 24.1 Å². The Morgan fingerprint density at radius 1 is 1.33 bits per heavy atom. The van der Waals surface area contributed by atoms with Gasteiger partial charge in [-0.15, -0.1) is 0 Å². The molecule has 116 valence electrons. The Kier molecular flexibility index (Phi) is 4.84. The number of carbonyl (C=O) groups is 1. The minimum atomic E-state index is -3.55. The van der Waals surface area contributed by atoms with Crippen LogP contribution in [0.1, 0.15) is 13.3 Å². The molecule has 6 nitrogen and oxygen atoms in total. The van der Waals surface area contributed by atoms with Crippen LogP contribution >= 0.6 is 0 Å². The lowest BCUT2D eigenvalue weighted by atomic mass is 10.1. The maximum absolute atomic E-state index is 12.2. The Bertz CT molecular complexity index is 598. The van der Waals surface area contributed by atoms with Crippen LogP contribution in [0.2, 0.25) is 0 Å². The molecule has 1 N–H and O–H groups in total. The summed E-state index contributed by atoms with van der Waals surface area (Å²) in [5.74, 6) is 0.722. The molecule has 1 aromatic carbocycles. The zero-order chi connectivity index (χ0) is 15.5. The lowest BCUT2D eigenvalue weighted by Gasteiger charge is -2.12. The number of carbonyl (C=O) groups excluding carboxylic acids is 1. The molecule has 1 aromatic rings. The van der Waals surface area contributed by atoms with E-state index in [1.807, 2.05) is 6.92 Å². The zero-order valence-electron chi connectivity index (χ0n) is 12.2. The van der Waals surface area contributed by atoms with E-state index in [9.17, 15) is 13.2 Å². The lowest BCUT2D eigenvalue weighted by molar-refractivity contribution is -0.126. The summed E-state index contributed by atoms with van der Waals surface area (Å²) >= 11 is 0. The molecule has 1 aliphatic heterocycles. The first-order valence-electron chi connectivity index (χ1n) is 6.89. The Morgan fingerprint density at radius 2 is 2.00 bits per heavy atom. The van der Waals surface area contributed by atoms with Gasteiger partial charge in [-0.3, -0.25) is 4.79 Å². The van der Waals surface area contributed by atoms with Crippen LogP contribution in [0.15, 0.2) is 29.2 Å². The van der Waals surface area contributed by atoms with E-state index >= 15 is 0 Å². The van der Waals surface area contributed by atoms with Crippen molar-refractivity contribution >= 4 is 15.9 Å². The van der Waals surface area contributed by atoms with E-state index in [0.29, 0.717) is 25.3 Å². The van der Waals surface area contributed by atoms with Gasteiger partial charge in [-0.2, -0.15) is 0 Å². The standard InChI is InChI=1S/C14H20N2O4S/c1-3-20-12-4-6-13(7-5-12)21(18,19)15-9-11-8-14(17)16(2)10-11/h4-7,11,15H,3,8-10H2,1-2H3. The number of hydrogen-bond acceptors (Lipinski definition) is 4. The minimum Gasteiger partial charge on any atom is -0.494 e. The van der Waals surface area contributed by atoms with Crippen LogP contribution in [-0.2, 0) is 14.8 Å². The van der Waals surface area contributed by atoms with E-state index in [2.05, 4.69) is 4.72 Å². The fourth-order valence-corrected chi connectivity index (χ4v) is 3.40. The van der Waals surface area contributed by atoms with Crippen LogP contribution in [0.4, 0.5) is 0 Å². The van der Waals surface area contributed by atoms with Gasteiger partial charge in [0.1, 0.15) is 5.75 Å². The van der Waals surface area contributed by atoms with E-state index in [-0.39, 0.29) is 23.3 Å². The maximum atomic E-state index is 12.2. The molecule has 2 rings (SSSR count). The van der Waals surface area contributed by atoms with Gasteiger partial charge in [-0.25, -0.2) is 13.1 Å². The maximum Gasteiger partial charge on any atom is 0.240 e. The third kappa shape index (κ3) is 3.95. The van der Waals surface area contributed by atoms with Crippen LogP contribution in [0, 0.1) is 5.92 Å². The summed E-state index contributed by atoms with van der Waals surface area (Å²) in [5, 5.41) is 0. The highest BCUT2D eigenvalue weighted by molar-refractivity contribution is 7.89. The predicted octanol–water partition coefficient (Wildman–Crippen LogP) is 0.842. The van der Waals surface area contributed by atoms with Gasteiger partial charge >= 0.3 is 0 Å². The second kappa shape index (κ2) is 6.44. The molecule has 1 atom stereocenters. The van der Waals surface area contributed by atoms with Crippen molar-refractivity contribution in [3.8, 4) is 5.75 Å². The van der Waals surface area contributed by atoms with Crippen LogP contribution in [-0.4, -0.2) is 46.0 Å². The average molecular weight is 312 g/mol. The van der Waals surface area contributed by atoms with Crippen molar-refractivity contribution in [2.24, 2.45) is 5.92 Å². The fraction of sp³-hybridized carbons (Fsp3) is 0.500. The van der Waals surface area contributed by atoms with Gasteiger partial charge in [0.2, 0.25) is 15.9 Å². The van der Waals surface area contributed by atoms with Gasteiger partial charge in [-0.05, 0) is 37.1 Å². The van der Waals surface area contributed by atoms with Gasteiger partial charge in [-0.1, -0.05) is 0 Å². The van der Waals surface area contributed by atoms with Gasteiger partial charge in [0, 0.05) is 26.6 Å². The van der Waals surface area contributed by atoms with Gasteiger partial charge in [0.15, 0.2) is 0 Å². The molecular weight excluding hydrogens is 292 g/mol. The smallest absolute Gasteiger partial charge is 0.240 e. The minimum absolute atomic E-state index is 0.0278. The number of sulfonamides is 1. The van der Waals surface area contributed by atoms with Gasteiger partial charge in [0.25, 0.3) is 0 Å². The highest BCUT2D eigenvalue weighted by atomic mass is 32.2. The quantitative estimate of drug-likeness (QED) is 0.844. The van der Waals surface area contributed by atoms with Crippen molar-refractivity contribution in [1.82, 2.24) is 9.62 Å². The molecule has 1 unspecified atom stereocenters. The second-order valence-corrected chi connectivity index (χ2v) is 6.87. The summed E-state index contributed by atoms with van der Waals surface area (Å²) in [6, 6.07) is 6.29. The summed E-state index contributed by atoms with van der Waals surface area (Å²) in [5.41, 5.74) is 0. The highest BCUT2D eigenvalue weighted by Crippen LogP contribution is 2.18. The van der Waals surface area contributed by atoms with Crippen molar-refractivity contribution in [2.75, 3.05) is 26.7 Å². The van der Waals surface area contributed by atoms with Crippen LogP contribution in [0.5, 0.6) is 5.75 Å². The van der Waals surface area contributed by atoms with Gasteiger partial charge in [0.05, 0.1) is 11.5 Å². The van der Waals surface area contributed by atoms with Crippen molar-refractivity contribution in [3.63, 3.8) is 0 Å². The lowest BCUT2D eigenvalue weighted by Crippen LogP contribution is -2.30. The molecule has 0 bridgehead atoms. The topological polar surface area (TPSA) is 75.7 Å². The molecule has 0 radical (unpaired) electrons. The highest BCUT2D eigenvalue weighted by Gasteiger charge is 2.28. The first-order valence-corrected chi connectivity index (χ1v) is 8.37. The van der Waals surface area contributed by atoms with Crippen LogP contribution < -0.4 is 9.46 Å². The Morgan fingerprint density at radius 3 is 2.52 bits per heavy atom. The van der Waals surface area contributed by atoms with Crippen LogP contribution in [0.3, 0.4) is 0 Å². The number of amides is 1.